The predicted octanol–water partition coefficient (Wildman–Crippen LogP) is 1.84. The highest BCUT2D eigenvalue weighted by atomic mass is 35.5. The van der Waals surface area contributed by atoms with Gasteiger partial charge in [0.05, 0.1) is 5.84 Å². The van der Waals surface area contributed by atoms with E-state index in [-0.39, 0.29) is 24.1 Å². The molecule has 4 heteroatoms. The number of rotatable bonds is 1. The van der Waals surface area contributed by atoms with Crippen molar-refractivity contribution >= 4 is 24.1 Å². The van der Waals surface area contributed by atoms with E-state index in [2.05, 4.69) is 5.32 Å². The fourth-order valence-corrected chi connectivity index (χ4v) is 0.832. The molecule has 13 heavy (non-hydrogen) atoms. The van der Waals surface area contributed by atoms with Crippen molar-refractivity contribution in [2.75, 3.05) is 0 Å². The summed E-state index contributed by atoms with van der Waals surface area (Å²) in [5.41, 5.74) is 0.573. The van der Waals surface area contributed by atoms with Crippen LogP contribution < -0.4 is 5.32 Å². The van der Waals surface area contributed by atoms with Crippen LogP contribution in [0.25, 0.3) is 0 Å². The van der Waals surface area contributed by atoms with Gasteiger partial charge in [-0.2, -0.15) is 0 Å². The van der Waals surface area contributed by atoms with Crippen LogP contribution in [0.15, 0.2) is 30.3 Å². The monoisotopic (exact) mass is 198 g/mol. The molecule has 0 aliphatic carbocycles. The molecule has 3 nitrogen and oxygen atoms in total. The molecule has 0 aliphatic rings. The molecule has 0 aliphatic heterocycles. The van der Waals surface area contributed by atoms with E-state index >= 15 is 0 Å². The van der Waals surface area contributed by atoms with E-state index in [0.29, 0.717) is 5.56 Å². The molecule has 0 bridgehead atoms. The Kier molecular flexibility index (Phi) is 4.77. The Hall–Kier alpha value is -1.35. The van der Waals surface area contributed by atoms with E-state index in [9.17, 15) is 4.79 Å². The molecule has 1 amide bonds. The normalized spacial score (nSPS) is 8.38. The molecule has 0 saturated carbocycles. The lowest BCUT2D eigenvalue weighted by Gasteiger charge is -2.00. The van der Waals surface area contributed by atoms with Crippen molar-refractivity contribution in [3.63, 3.8) is 0 Å². The van der Waals surface area contributed by atoms with E-state index < -0.39 is 0 Å². The van der Waals surface area contributed by atoms with Crippen molar-refractivity contribution in [3.05, 3.63) is 35.9 Å². The number of amidine groups is 1. The zero-order valence-electron chi connectivity index (χ0n) is 7.20. The fourth-order valence-electron chi connectivity index (χ4n) is 0.832. The van der Waals surface area contributed by atoms with Crippen LogP contribution in [0.5, 0.6) is 0 Å². The number of nitrogens with one attached hydrogen (secondary N) is 2. The molecule has 0 unspecified atom stereocenters. The lowest BCUT2D eigenvalue weighted by Crippen LogP contribution is -2.27. The SMILES string of the molecule is CC(=N)NC(=O)c1ccccc1.Cl. The minimum Gasteiger partial charge on any atom is -0.311 e. The van der Waals surface area contributed by atoms with Gasteiger partial charge in [0.1, 0.15) is 0 Å². The fraction of sp³-hybridized carbons (Fsp3) is 0.111. The lowest BCUT2D eigenvalue weighted by molar-refractivity contribution is 0.0976. The first-order valence-electron chi connectivity index (χ1n) is 3.61. The summed E-state index contributed by atoms with van der Waals surface area (Å²) in [6, 6.07) is 8.83. The van der Waals surface area contributed by atoms with Crippen molar-refractivity contribution in [2.45, 2.75) is 6.92 Å². The van der Waals surface area contributed by atoms with Crippen LogP contribution >= 0.6 is 12.4 Å². The first-order valence-corrected chi connectivity index (χ1v) is 3.61. The van der Waals surface area contributed by atoms with Gasteiger partial charge < -0.3 is 5.32 Å². The topological polar surface area (TPSA) is 53.0 Å². The van der Waals surface area contributed by atoms with Crippen LogP contribution in [0, 0.1) is 5.41 Å². The van der Waals surface area contributed by atoms with E-state index in [1.165, 1.54) is 6.92 Å². The quantitative estimate of drug-likeness (QED) is 0.525. The summed E-state index contributed by atoms with van der Waals surface area (Å²) in [4.78, 5) is 11.2. The van der Waals surface area contributed by atoms with E-state index in [1.54, 1.807) is 24.3 Å². The number of carbonyl (C=O) groups is 1. The number of amides is 1. The maximum atomic E-state index is 11.2. The second-order valence-electron chi connectivity index (χ2n) is 2.45. The number of hydrogen-bond donors (Lipinski definition) is 2. The van der Waals surface area contributed by atoms with Crippen LogP contribution in [0.2, 0.25) is 0 Å². The van der Waals surface area contributed by atoms with Gasteiger partial charge in [0.2, 0.25) is 0 Å². The van der Waals surface area contributed by atoms with Crippen molar-refractivity contribution in [3.8, 4) is 0 Å². The van der Waals surface area contributed by atoms with Crippen molar-refractivity contribution < 1.29 is 4.79 Å². The van der Waals surface area contributed by atoms with Gasteiger partial charge in [0.25, 0.3) is 5.91 Å². The Labute approximate surface area is 83.1 Å². The largest absolute Gasteiger partial charge is 0.311 e. The molecular formula is C9H11ClN2O. The third-order valence-corrected chi connectivity index (χ3v) is 1.34. The Morgan fingerprint density at radius 2 is 1.85 bits per heavy atom. The zero-order chi connectivity index (χ0) is 8.97. The molecule has 0 heterocycles. The lowest BCUT2D eigenvalue weighted by atomic mass is 10.2. The summed E-state index contributed by atoms with van der Waals surface area (Å²) < 4.78 is 0. The smallest absolute Gasteiger partial charge is 0.256 e. The van der Waals surface area contributed by atoms with Crippen molar-refractivity contribution in [1.82, 2.24) is 5.32 Å². The average Bonchev–Trinajstić information content (AvgIpc) is 2.05. The Bertz CT molecular complexity index is 298. The Balaban J connectivity index is 0.00000144. The highest BCUT2D eigenvalue weighted by Gasteiger charge is 2.02. The second kappa shape index (κ2) is 5.32. The summed E-state index contributed by atoms with van der Waals surface area (Å²) in [6.07, 6.45) is 0. The van der Waals surface area contributed by atoms with Crippen LogP contribution in [-0.2, 0) is 0 Å². The highest BCUT2D eigenvalue weighted by Crippen LogP contribution is 1.97. The summed E-state index contributed by atoms with van der Waals surface area (Å²) in [7, 11) is 0. The molecule has 0 atom stereocenters. The molecule has 0 saturated heterocycles. The maximum Gasteiger partial charge on any atom is 0.256 e. The van der Waals surface area contributed by atoms with Gasteiger partial charge in [-0.15, -0.1) is 12.4 Å². The summed E-state index contributed by atoms with van der Waals surface area (Å²) in [6.45, 7) is 1.53. The van der Waals surface area contributed by atoms with Crippen molar-refractivity contribution in [2.24, 2.45) is 0 Å². The average molecular weight is 199 g/mol. The number of benzene rings is 1. The highest BCUT2D eigenvalue weighted by molar-refractivity contribution is 6.04. The van der Waals surface area contributed by atoms with Crippen molar-refractivity contribution in [1.29, 1.82) is 5.41 Å². The van der Waals surface area contributed by atoms with Gasteiger partial charge in [-0.3, -0.25) is 10.2 Å². The van der Waals surface area contributed by atoms with Gasteiger partial charge in [0, 0.05) is 5.56 Å². The molecule has 0 radical (unpaired) electrons. The standard InChI is InChI=1S/C9H10N2O.ClH/c1-7(10)11-9(12)8-5-3-2-4-6-8;/h2-6H,1H3,(H2,10,11,12);1H. The van der Waals surface area contributed by atoms with Crippen LogP contribution in [-0.4, -0.2) is 11.7 Å². The molecule has 0 spiro atoms. The molecule has 1 aromatic carbocycles. The molecular weight excluding hydrogens is 188 g/mol. The van der Waals surface area contributed by atoms with E-state index in [0.717, 1.165) is 0 Å². The molecule has 0 aromatic heterocycles. The first kappa shape index (κ1) is 11.6. The van der Waals surface area contributed by atoms with E-state index in [4.69, 9.17) is 5.41 Å². The van der Waals surface area contributed by atoms with Gasteiger partial charge in [0.15, 0.2) is 0 Å². The van der Waals surface area contributed by atoms with Gasteiger partial charge in [-0.1, -0.05) is 18.2 Å². The number of hydrogen-bond acceptors (Lipinski definition) is 2. The summed E-state index contributed by atoms with van der Waals surface area (Å²) in [5.74, 6) is -0.0769. The number of halogens is 1. The van der Waals surface area contributed by atoms with Gasteiger partial charge >= 0.3 is 0 Å². The van der Waals surface area contributed by atoms with Gasteiger partial charge in [-0.05, 0) is 19.1 Å². The third kappa shape index (κ3) is 3.71. The second-order valence-corrected chi connectivity index (χ2v) is 2.45. The van der Waals surface area contributed by atoms with Gasteiger partial charge in [-0.25, -0.2) is 0 Å². The molecule has 1 rings (SSSR count). The summed E-state index contributed by atoms with van der Waals surface area (Å²) >= 11 is 0. The number of carbonyl (C=O) groups excluding carboxylic acids is 1. The van der Waals surface area contributed by atoms with Crippen LogP contribution in [0.1, 0.15) is 17.3 Å². The summed E-state index contributed by atoms with van der Waals surface area (Å²) in [5, 5.41) is 9.45. The Morgan fingerprint density at radius 1 is 1.31 bits per heavy atom. The predicted molar refractivity (Wildman–Crippen MR) is 54.6 cm³/mol. The molecule has 0 fully saturated rings. The minimum absolute atomic E-state index is 0. The first-order chi connectivity index (χ1) is 5.70. The molecule has 1 aromatic rings. The molecule has 2 N–H and O–H groups in total. The maximum absolute atomic E-state index is 11.2. The zero-order valence-corrected chi connectivity index (χ0v) is 8.02. The minimum atomic E-state index is -0.233. The van der Waals surface area contributed by atoms with Crippen LogP contribution in [0.4, 0.5) is 0 Å². The third-order valence-electron chi connectivity index (χ3n) is 1.34. The Morgan fingerprint density at radius 3 is 2.31 bits per heavy atom. The van der Waals surface area contributed by atoms with Crippen LogP contribution in [0.3, 0.4) is 0 Å². The molecule has 70 valence electrons. The van der Waals surface area contributed by atoms with E-state index in [1.807, 2.05) is 6.07 Å².